The van der Waals surface area contributed by atoms with E-state index in [1.165, 1.54) is 0 Å². The lowest BCUT2D eigenvalue weighted by molar-refractivity contribution is -0.126. The van der Waals surface area contributed by atoms with Gasteiger partial charge in [-0.25, -0.2) is 0 Å². The summed E-state index contributed by atoms with van der Waals surface area (Å²) >= 11 is 0. The Morgan fingerprint density at radius 1 is 1.35 bits per heavy atom. The van der Waals surface area contributed by atoms with Gasteiger partial charge in [0, 0.05) is 23.7 Å². The number of hydrogen-bond acceptors (Lipinski definition) is 3. The fourth-order valence-electron chi connectivity index (χ4n) is 3.25. The van der Waals surface area contributed by atoms with Crippen LogP contribution in [0.25, 0.3) is 0 Å². The van der Waals surface area contributed by atoms with Crippen LogP contribution in [0.1, 0.15) is 59.3 Å². The van der Waals surface area contributed by atoms with Crippen molar-refractivity contribution in [1.29, 1.82) is 0 Å². The summed E-state index contributed by atoms with van der Waals surface area (Å²) in [5.41, 5.74) is 7.76. The molecule has 1 amide bonds. The first kappa shape index (κ1) is 15.2. The molecular formula is C16H26N2O2. The highest BCUT2D eigenvalue weighted by Gasteiger charge is 2.40. The van der Waals surface area contributed by atoms with Crippen LogP contribution in [0.3, 0.4) is 0 Å². The summed E-state index contributed by atoms with van der Waals surface area (Å²) < 4.78 is 0. The van der Waals surface area contributed by atoms with Crippen molar-refractivity contribution in [3.63, 3.8) is 0 Å². The first-order valence-electron chi connectivity index (χ1n) is 7.65. The molecule has 0 fully saturated rings. The molecule has 0 saturated carbocycles. The molecule has 2 atom stereocenters. The molecule has 2 rings (SSSR count). The van der Waals surface area contributed by atoms with E-state index in [4.69, 9.17) is 5.73 Å². The van der Waals surface area contributed by atoms with Gasteiger partial charge in [0.05, 0.1) is 5.92 Å². The maximum absolute atomic E-state index is 12.3. The van der Waals surface area contributed by atoms with Crippen LogP contribution in [0.5, 0.6) is 0 Å². The summed E-state index contributed by atoms with van der Waals surface area (Å²) in [6.07, 6.45) is 4.81. The fraction of sp³-hybridized carbons (Fsp3) is 0.750. The minimum Gasteiger partial charge on any atom is -0.329 e. The Morgan fingerprint density at radius 2 is 2.05 bits per heavy atom. The second kappa shape index (κ2) is 5.68. The molecule has 2 unspecified atom stereocenters. The lowest BCUT2D eigenvalue weighted by Gasteiger charge is -2.37. The molecule has 1 heterocycles. The predicted octanol–water partition coefficient (Wildman–Crippen LogP) is 2.28. The Labute approximate surface area is 121 Å². The molecule has 3 N–H and O–H groups in total. The van der Waals surface area contributed by atoms with Gasteiger partial charge in [-0.05, 0) is 24.7 Å². The second-order valence-corrected chi connectivity index (χ2v) is 7.00. The van der Waals surface area contributed by atoms with E-state index in [0.717, 1.165) is 37.0 Å². The van der Waals surface area contributed by atoms with Gasteiger partial charge in [0.1, 0.15) is 0 Å². The zero-order valence-corrected chi connectivity index (χ0v) is 12.8. The van der Waals surface area contributed by atoms with Gasteiger partial charge < -0.3 is 11.1 Å². The molecule has 4 nitrogen and oxygen atoms in total. The number of allylic oxidation sites excluding steroid dienone is 2. The van der Waals surface area contributed by atoms with Crippen molar-refractivity contribution < 1.29 is 9.59 Å². The highest BCUT2D eigenvalue weighted by atomic mass is 16.2. The van der Waals surface area contributed by atoms with E-state index in [9.17, 15) is 9.59 Å². The van der Waals surface area contributed by atoms with E-state index in [1.807, 2.05) is 0 Å². The summed E-state index contributed by atoms with van der Waals surface area (Å²) in [5.74, 6) is -0.0627. The number of hydrogen-bond donors (Lipinski definition) is 2. The van der Waals surface area contributed by atoms with Gasteiger partial charge in [0.25, 0.3) is 0 Å². The Hall–Kier alpha value is -1.16. The summed E-state index contributed by atoms with van der Waals surface area (Å²) in [6, 6.07) is -0.147. The number of nitrogens with one attached hydrogen (secondary N) is 1. The zero-order valence-electron chi connectivity index (χ0n) is 12.8. The van der Waals surface area contributed by atoms with E-state index in [0.29, 0.717) is 12.8 Å². The fourth-order valence-corrected chi connectivity index (χ4v) is 3.25. The summed E-state index contributed by atoms with van der Waals surface area (Å²) in [6.45, 7) is 6.25. The quantitative estimate of drug-likeness (QED) is 0.828. The van der Waals surface area contributed by atoms with Crippen molar-refractivity contribution in [3.8, 4) is 0 Å². The molecule has 0 spiro atoms. The molecule has 2 aliphatic rings. The van der Waals surface area contributed by atoms with E-state index in [2.05, 4.69) is 26.1 Å². The first-order chi connectivity index (χ1) is 9.34. The number of nitrogens with two attached hydrogens (primary N) is 1. The Morgan fingerprint density at radius 3 is 2.70 bits per heavy atom. The van der Waals surface area contributed by atoms with E-state index in [1.54, 1.807) is 0 Å². The van der Waals surface area contributed by atoms with Gasteiger partial charge in [-0.15, -0.1) is 0 Å². The Balaban J connectivity index is 2.15. The van der Waals surface area contributed by atoms with Crippen LogP contribution >= 0.6 is 0 Å². The normalized spacial score (nSPS) is 27.1. The number of ketones is 1. The van der Waals surface area contributed by atoms with Crippen LogP contribution < -0.4 is 11.1 Å². The topological polar surface area (TPSA) is 72.2 Å². The molecule has 112 valence electrons. The van der Waals surface area contributed by atoms with Crippen LogP contribution in [-0.4, -0.2) is 17.7 Å². The van der Waals surface area contributed by atoms with Gasteiger partial charge in [-0.2, -0.15) is 0 Å². The third-order valence-corrected chi connectivity index (χ3v) is 4.44. The molecule has 0 bridgehead atoms. The molecule has 1 aliphatic carbocycles. The number of Topliss-reactive ketones (excluding diaryl/α,β-unsaturated/α-hetero) is 1. The van der Waals surface area contributed by atoms with Crippen LogP contribution in [0, 0.1) is 11.3 Å². The van der Waals surface area contributed by atoms with Gasteiger partial charge in [0.2, 0.25) is 5.91 Å². The van der Waals surface area contributed by atoms with Gasteiger partial charge in [-0.3, -0.25) is 9.59 Å². The molecular weight excluding hydrogens is 252 g/mol. The highest BCUT2D eigenvalue weighted by molar-refractivity contribution is 6.00. The van der Waals surface area contributed by atoms with Crippen molar-refractivity contribution in [3.05, 3.63) is 11.3 Å². The van der Waals surface area contributed by atoms with Gasteiger partial charge in [0.15, 0.2) is 5.78 Å². The van der Waals surface area contributed by atoms with Crippen molar-refractivity contribution in [2.75, 3.05) is 0 Å². The Kier molecular flexibility index (Phi) is 4.33. The van der Waals surface area contributed by atoms with E-state index >= 15 is 0 Å². The molecule has 0 aromatic heterocycles. The van der Waals surface area contributed by atoms with Crippen LogP contribution in [0.4, 0.5) is 0 Å². The van der Waals surface area contributed by atoms with Crippen molar-refractivity contribution in [2.24, 2.45) is 17.1 Å². The number of carbonyl (C=O) groups is 2. The van der Waals surface area contributed by atoms with Crippen molar-refractivity contribution >= 4 is 11.7 Å². The minimum absolute atomic E-state index is 0.00199. The monoisotopic (exact) mass is 278 g/mol. The summed E-state index contributed by atoms with van der Waals surface area (Å²) in [7, 11) is 0. The van der Waals surface area contributed by atoms with E-state index in [-0.39, 0.29) is 29.1 Å². The lowest BCUT2D eigenvalue weighted by atomic mass is 9.72. The van der Waals surface area contributed by atoms with Gasteiger partial charge >= 0.3 is 0 Å². The highest BCUT2D eigenvalue weighted by Crippen LogP contribution is 2.40. The molecule has 20 heavy (non-hydrogen) atoms. The number of amides is 1. The maximum Gasteiger partial charge on any atom is 0.229 e. The SMILES string of the molecule is CCCCC(N)C1CC2=C(CC(C)(C)CC2=O)NC1=O. The Bertz CT molecular complexity index is 451. The maximum atomic E-state index is 12.3. The number of rotatable bonds is 4. The van der Waals surface area contributed by atoms with Crippen molar-refractivity contribution in [2.45, 2.75) is 65.3 Å². The van der Waals surface area contributed by atoms with Crippen LogP contribution in [0.2, 0.25) is 0 Å². The molecule has 1 aliphatic heterocycles. The number of carbonyl (C=O) groups excluding carboxylic acids is 2. The van der Waals surface area contributed by atoms with Crippen molar-refractivity contribution in [1.82, 2.24) is 5.32 Å². The molecule has 0 aromatic carbocycles. The average Bonchev–Trinajstić information content (AvgIpc) is 2.33. The van der Waals surface area contributed by atoms with Crippen LogP contribution in [0.15, 0.2) is 11.3 Å². The van der Waals surface area contributed by atoms with Gasteiger partial charge in [-0.1, -0.05) is 33.6 Å². The molecule has 4 heteroatoms. The zero-order chi connectivity index (χ0) is 14.9. The average molecular weight is 278 g/mol. The predicted molar refractivity (Wildman–Crippen MR) is 78.8 cm³/mol. The smallest absolute Gasteiger partial charge is 0.229 e. The third kappa shape index (κ3) is 3.11. The summed E-state index contributed by atoms with van der Waals surface area (Å²) in [4.78, 5) is 24.5. The lowest BCUT2D eigenvalue weighted by Crippen LogP contribution is -2.48. The standard InChI is InChI=1S/C16H26N2O2/c1-4-5-6-12(17)10-7-11-13(18-15(10)20)8-16(2,3)9-14(11)19/h10,12H,4-9,17H2,1-3H3,(H,18,20). The summed E-state index contributed by atoms with van der Waals surface area (Å²) in [5, 5.41) is 2.95. The second-order valence-electron chi connectivity index (χ2n) is 7.00. The first-order valence-corrected chi connectivity index (χ1v) is 7.65. The minimum atomic E-state index is -0.245. The van der Waals surface area contributed by atoms with Crippen LogP contribution in [-0.2, 0) is 9.59 Å². The largest absolute Gasteiger partial charge is 0.329 e. The molecule has 0 aromatic rings. The number of unbranched alkanes of at least 4 members (excludes halogenated alkanes) is 1. The van der Waals surface area contributed by atoms with E-state index < -0.39 is 0 Å². The molecule has 0 radical (unpaired) electrons. The molecule has 0 saturated heterocycles. The third-order valence-electron chi connectivity index (χ3n) is 4.44.